The minimum Gasteiger partial charge on any atom is -0.361 e. The third-order valence-corrected chi connectivity index (χ3v) is 11.8. The molecule has 10 nitrogen and oxygen atoms in total. The fraction of sp³-hybridized carbons (Fsp3) is 0.371. The number of fused-ring (bicyclic) bond motifs is 1. The summed E-state index contributed by atoms with van der Waals surface area (Å²) in [6.45, 7) is 17.0. The van der Waals surface area contributed by atoms with Crippen molar-refractivity contribution >= 4 is 29.0 Å². The highest BCUT2D eigenvalue weighted by molar-refractivity contribution is 7.90. The van der Waals surface area contributed by atoms with E-state index >= 15 is 0 Å². The van der Waals surface area contributed by atoms with Crippen molar-refractivity contribution in [3.63, 3.8) is 0 Å². The Balaban J connectivity index is 1.46. The van der Waals surface area contributed by atoms with Crippen molar-refractivity contribution in [3.8, 4) is 5.69 Å². The van der Waals surface area contributed by atoms with Gasteiger partial charge in [-0.1, -0.05) is 51.2 Å². The van der Waals surface area contributed by atoms with Crippen molar-refractivity contribution < 1.29 is 13.2 Å². The fourth-order valence-electron chi connectivity index (χ4n) is 5.56. The zero-order chi connectivity index (χ0) is 34.3. The minimum absolute atomic E-state index is 0.0878. The summed E-state index contributed by atoms with van der Waals surface area (Å²) in [7, 11) is -5.13. The van der Waals surface area contributed by atoms with Crippen LogP contribution >= 0.6 is 0 Å². The van der Waals surface area contributed by atoms with Crippen LogP contribution in [-0.4, -0.2) is 46.4 Å². The van der Waals surface area contributed by atoms with Gasteiger partial charge in [0.25, 0.3) is 15.6 Å². The predicted molar refractivity (Wildman–Crippen MR) is 188 cm³/mol. The Kier molecular flexibility index (Phi) is 9.58. The van der Waals surface area contributed by atoms with Crippen LogP contribution in [0.5, 0.6) is 0 Å². The van der Waals surface area contributed by atoms with Gasteiger partial charge >= 0.3 is 5.69 Å². The molecule has 0 bridgehead atoms. The lowest BCUT2D eigenvalue weighted by Gasteiger charge is -2.16. The van der Waals surface area contributed by atoms with E-state index < -0.39 is 29.3 Å². The van der Waals surface area contributed by atoms with E-state index in [4.69, 9.17) is 9.72 Å². The maximum Gasteiger partial charge on any atom is 0.354 e. The molecule has 3 heterocycles. The zero-order valence-electron chi connectivity index (χ0n) is 28.4. The first-order valence-corrected chi connectivity index (χ1v) is 20.9. The summed E-state index contributed by atoms with van der Waals surface area (Å²) >= 11 is 0. The van der Waals surface area contributed by atoms with E-state index in [1.807, 2.05) is 52.8 Å². The molecule has 0 N–H and O–H groups in total. The highest BCUT2D eigenvalue weighted by Gasteiger charge is 2.23. The van der Waals surface area contributed by atoms with Gasteiger partial charge in [-0.05, 0) is 85.3 Å². The molecule has 2 aromatic carbocycles. The minimum atomic E-state index is -3.82. The van der Waals surface area contributed by atoms with E-state index in [1.165, 1.54) is 8.65 Å². The number of ether oxygens (including phenoxy) is 1. The van der Waals surface area contributed by atoms with E-state index in [-0.39, 0.29) is 17.5 Å². The summed E-state index contributed by atoms with van der Waals surface area (Å²) in [5.74, 6) is 0.0878. The second kappa shape index (κ2) is 13.2. The summed E-state index contributed by atoms with van der Waals surface area (Å²) < 4.78 is 36.6. The van der Waals surface area contributed by atoms with Crippen molar-refractivity contribution in [2.24, 2.45) is 0 Å². The Morgan fingerprint density at radius 2 is 1.60 bits per heavy atom. The molecule has 0 aliphatic rings. The predicted octanol–water partition coefficient (Wildman–Crippen LogP) is 5.93. The maximum atomic E-state index is 13.7. The zero-order valence-corrected chi connectivity index (χ0v) is 30.2. The average molecular weight is 674 g/mol. The van der Waals surface area contributed by atoms with Crippen LogP contribution in [0.25, 0.3) is 16.6 Å². The quantitative estimate of drug-likeness (QED) is 0.126. The smallest absolute Gasteiger partial charge is 0.354 e. The molecule has 0 atom stereocenters. The van der Waals surface area contributed by atoms with Gasteiger partial charge in [0.1, 0.15) is 12.9 Å². The molecule has 0 saturated heterocycles. The molecule has 5 rings (SSSR count). The number of hydrogen-bond donors (Lipinski definition) is 0. The molecule has 0 saturated carbocycles. The van der Waals surface area contributed by atoms with Crippen LogP contribution in [0.15, 0.2) is 75.5 Å². The van der Waals surface area contributed by atoms with Gasteiger partial charge in [-0.3, -0.25) is 9.78 Å². The maximum absolute atomic E-state index is 13.7. The Bertz CT molecular complexity index is 2150. The number of nitrogens with zero attached hydrogens (tertiary/aromatic N) is 5. The molecule has 0 amide bonds. The first-order chi connectivity index (χ1) is 22.1. The third kappa shape index (κ3) is 7.24. The van der Waals surface area contributed by atoms with Crippen LogP contribution < -0.4 is 11.2 Å². The van der Waals surface area contributed by atoms with Gasteiger partial charge in [0.2, 0.25) is 0 Å². The van der Waals surface area contributed by atoms with Crippen molar-refractivity contribution in [1.29, 1.82) is 0 Å². The number of hydrogen-bond acceptors (Lipinski definition) is 7. The van der Waals surface area contributed by atoms with Crippen LogP contribution in [-0.2, 0) is 27.9 Å². The summed E-state index contributed by atoms with van der Waals surface area (Å²) in [5, 5.41) is 4.98. The molecule has 0 aliphatic heterocycles. The molecular weight excluding hydrogens is 631 g/mol. The monoisotopic (exact) mass is 673 g/mol. The van der Waals surface area contributed by atoms with Crippen molar-refractivity contribution in [2.75, 3.05) is 6.61 Å². The second-order valence-electron chi connectivity index (χ2n) is 13.7. The second-order valence-corrected chi connectivity index (χ2v) is 21.2. The fourth-order valence-corrected chi connectivity index (χ4v) is 7.68. The van der Waals surface area contributed by atoms with E-state index in [0.29, 0.717) is 24.2 Å². The van der Waals surface area contributed by atoms with Crippen LogP contribution in [0.1, 0.15) is 53.3 Å². The van der Waals surface area contributed by atoms with Crippen LogP contribution in [0.3, 0.4) is 0 Å². The van der Waals surface area contributed by atoms with E-state index in [9.17, 15) is 18.0 Å². The lowest BCUT2D eigenvalue weighted by molar-refractivity contribution is 0.0803. The van der Waals surface area contributed by atoms with E-state index in [0.717, 1.165) is 55.7 Å². The third-order valence-electron chi connectivity index (χ3n) is 8.41. The molecule has 0 unspecified atom stereocenters. The van der Waals surface area contributed by atoms with E-state index in [1.54, 1.807) is 36.7 Å². The lowest BCUT2D eigenvalue weighted by atomic mass is 9.96. The molecule has 5 aromatic rings. The van der Waals surface area contributed by atoms with Crippen LogP contribution in [0.2, 0.25) is 25.7 Å². The molecule has 0 fully saturated rings. The Morgan fingerprint density at radius 3 is 2.21 bits per heavy atom. The summed E-state index contributed by atoms with van der Waals surface area (Å²) in [4.78, 5) is 30.7. The van der Waals surface area contributed by atoms with Gasteiger partial charge in [0.05, 0.1) is 22.3 Å². The highest BCUT2D eigenvalue weighted by atomic mass is 32.2. The number of benzene rings is 2. The van der Waals surface area contributed by atoms with Crippen LogP contribution in [0, 0.1) is 20.8 Å². The molecule has 3 aromatic heterocycles. The molecule has 248 valence electrons. The molecular formula is C35H43N5O5SSi. The SMILES string of the molecule is Cc1ccc(S(=O)(=O)n2cc(C(C)C)c3cc(Cc4c(C)cc(-n5ncc(=O)n(COCC[Si](C)(C)C)c5=O)cc4C)ncc32)cc1. The lowest BCUT2D eigenvalue weighted by Crippen LogP contribution is -2.41. The Hall–Kier alpha value is -4.13. The van der Waals surface area contributed by atoms with Gasteiger partial charge in [0, 0.05) is 38.4 Å². The van der Waals surface area contributed by atoms with E-state index in [2.05, 4.69) is 24.7 Å². The average Bonchev–Trinajstić information content (AvgIpc) is 3.38. The normalized spacial score (nSPS) is 12.4. The molecule has 47 heavy (non-hydrogen) atoms. The summed E-state index contributed by atoms with van der Waals surface area (Å²) in [6.07, 6.45) is 5.00. The Morgan fingerprint density at radius 1 is 0.936 bits per heavy atom. The topological polar surface area (TPSA) is 118 Å². The van der Waals surface area contributed by atoms with Gasteiger partial charge in [-0.15, -0.1) is 0 Å². The number of aryl methyl sites for hydroxylation is 3. The number of rotatable bonds is 11. The number of pyridine rings is 1. The highest BCUT2D eigenvalue weighted by Crippen LogP contribution is 2.32. The standard InChI is InChI=1S/C35H43N5O5SSi/c1-23(2)32-21-39(46(43,44)29-11-9-24(3)10-12-29)33-19-36-27(18-31(32)33)17-30-25(4)15-28(16-26(30)5)40-35(42)38(34(41)20-37-40)22-45-13-14-47(6,7)8/h9-12,15-16,18-21,23H,13-14,17,22H2,1-8H3. The largest absolute Gasteiger partial charge is 0.361 e. The summed E-state index contributed by atoms with van der Waals surface area (Å²) in [6, 6.07) is 13.5. The molecule has 0 spiro atoms. The van der Waals surface area contributed by atoms with Crippen molar-refractivity contribution in [1.82, 2.24) is 23.3 Å². The van der Waals surface area contributed by atoms with Gasteiger partial charge < -0.3 is 4.74 Å². The molecule has 0 aliphatic carbocycles. The molecule has 12 heteroatoms. The first kappa shape index (κ1) is 34.2. The van der Waals surface area contributed by atoms with Crippen molar-refractivity contribution in [2.45, 2.75) is 84.3 Å². The summed E-state index contributed by atoms with van der Waals surface area (Å²) in [5.41, 5.74) is 5.62. The number of aromatic nitrogens is 5. The van der Waals surface area contributed by atoms with Crippen LogP contribution in [0.4, 0.5) is 0 Å². The van der Waals surface area contributed by atoms with Gasteiger partial charge in [0.15, 0.2) is 0 Å². The van der Waals surface area contributed by atoms with Gasteiger partial charge in [-0.25, -0.2) is 21.8 Å². The van der Waals surface area contributed by atoms with Gasteiger partial charge in [-0.2, -0.15) is 9.78 Å². The molecule has 0 radical (unpaired) electrons. The first-order valence-electron chi connectivity index (χ1n) is 15.8. The Labute approximate surface area is 276 Å². The van der Waals surface area contributed by atoms with Crippen molar-refractivity contribution in [3.05, 3.63) is 115 Å².